The predicted molar refractivity (Wildman–Crippen MR) is 69.0 cm³/mol. The molecule has 0 aliphatic carbocycles. The summed E-state index contributed by atoms with van der Waals surface area (Å²) in [5.41, 5.74) is 1.24. The molecule has 1 N–H and O–H groups in total. The van der Waals surface area contributed by atoms with Crippen molar-refractivity contribution in [3.63, 3.8) is 0 Å². The summed E-state index contributed by atoms with van der Waals surface area (Å²) in [6, 6.07) is 8.60. The summed E-state index contributed by atoms with van der Waals surface area (Å²) < 4.78 is 5.37. The second kappa shape index (κ2) is 6.89. The molecule has 2 nitrogen and oxygen atoms in total. The van der Waals surface area contributed by atoms with Gasteiger partial charge in [-0.05, 0) is 38.5 Å². The molecule has 0 radical (unpaired) electrons. The number of hydrogen-bond donors (Lipinski definition) is 1. The van der Waals surface area contributed by atoms with Crippen molar-refractivity contribution in [2.45, 2.75) is 32.9 Å². The second-order valence-corrected chi connectivity index (χ2v) is 4.44. The van der Waals surface area contributed by atoms with Crippen LogP contribution in [0.25, 0.3) is 0 Å². The van der Waals surface area contributed by atoms with Gasteiger partial charge in [-0.15, -0.1) is 0 Å². The Labute approximate surface area is 103 Å². The van der Waals surface area contributed by atoms with Crippen molar-refractivity contribution in [3.05, 3.63) is 34.9 Å². The van der Waals surface area contributed by atoms with Crippen LogP contribution in [0.5, 0.6) is 0 Å². The topological polar surface area (TPSA) is 21.3 Å². The minimum atomic E-state index is 0.313. The predicted octanol–water partition coefficient (Wildman–Crippen LogP) is 3.42. The van der Waals surface area contributed by atoms with Crippen molar-refractivity contribution >= 4 is 11.6 Å². The second-order valence-electron chi connectivity index (χ2n) is 4.00. The molecule has 0 amide bonds. The van der Waals surface area contributed by atoms with Gasteiger partial charge in [0.15, 0.2) is 0 Å². The Hall–Kier alpha value is -0.570. The molecule has 1 rings (SSSR count). The van der Waals surface area contributed by atoms with Gasteiger partial charge >= 0.3 is 0 Å². The van der Waals surface area contributed by atoms with Gasteiger partial charge < -0.3 is 10.1 Å². The fraction of sp³-hybridized carbons (Fsp3) is 0.538. The van der Waals surface area contributed by atoms with Crippen LogP contribution in [0, 0.1) is 0 Å². The summed E-state index contributed by atoms with van der Waals surface area (Å²) in [5, 5.41) is 4.26. The van der Waals surface area contributed by atoms with E-state index in [2.05, 4.69) is 19.2 Å². The van der Waals surface area contributed by atoms with Crippen LogP contribution in [-0.2, 0) is 4.74 Å². The summed E-state index contributed by atoms with van der Waals surface area (Å²) in [6.07, 6.45) is 0. The Morgan fingerprint density at radius 1 is 1.25 bits per heavy atom. The normalized spacial score (nSPS) is 14.8. The first kappa shape index (κ1) is 13.5. The maximum atomic E-state index is 5.85. The smallest absolute Gasteiger partial charge is 0.0616 e. The van der Waals surface area contributed by atoms with Crippen LogP contribution in [0.15, 0.2) is 24.3 Å². The SMILES string of the molecule is CCOCC(C)N[C@@H](C)c1ccc(Cl)cc1. The van der Waals surface area contributed by atoms with Crippen LogP contribution in [0.1, 0.15) is 32.4 Å². The zero-order valence-electron chi connectivity index (χ0n) is 10.2. The Morgan fingerprint density at radius 2 is 1.88 bits per heavy atom. The fourth-order valence-corrected chi connectivity index (χ4v) is 1.74. The zero-order chi connectivity index (χ0) is 12.0. The minimum Gasteiger partial charge on any atom is -0.380 e. The van der Waals surface area contributed by atoms with Gasteiger partial charge in [-0.3, -0.25) is 0 Å². The van der Waals surface area contributed by atoms with Crippen molar-refractivity contribution in [2.24, 2.45) is 0 Å². The van der Waals surface area contributed by atoms with Crippen molar-refractivity contribution < 1.29 is 4.74 Å². The first-order valence-electron chi connectivity index (χ1n) is 5.72. The number of hydrogen-bond acceptors (Lipinski definition) is 2. The highest BCUT2D eigenvalue weighted by atomic mass is 35.5. The summed E-state index contributed by atoms with van der Waals surface area (Å²) in [6.45, 7) is 7.79. The third kappa shape index (κ3) is 4.52. The van der Waals surface area contributed by atoms with Crippen molar-refractivity contribution in [3.8, 4) is 0 Å². The fourth-order valence-electron chi connectivity index (χ4n) is 1.62. The maximum absolute atomic E-state index is 5.85. The van der Waals surface area contributed by atoms with E-state index in [1.54, 1.807) is 0 Å². The van der Waals surface area contributed by atoms with E-state index in [9.17, 15) is 0 Å². The third-order valence-corrected chi connectivity index (χ3v) is 2.73. The summed E-state index contributed by atoms with van der Waals surface area (Å²) in [5.74, 6) is 0. The van der Waals surface area contributed by atoms with E-state index >= 15 is 0 Å². The van der Waals surface area contributed by atoms with Gasteiger partial charge in [-0.2, -0.15) is 0 Å². The molecule has 0 aromatic heterocycles. The molecule has 16 heavy (non-hydrogen) atoms. The third-order valence-electron chi connectivity index (χ3n) is 2.48. The molecule has 1 unspecified atom stereocenters. The van der Waals surface area contributed by atoms with Crippen LogP contribution in [0.2, 0.25) is 5.02 Å². The number of rotatable bonds is 6. The average molecular weight is 242 g/mol. The molecule has 1 aromatic rings. The minimum absolute atomic E-state index is 0.313. The summed E-state index contributed by atoms with van der Waals surface area (Å²) in [4.78, 5) is 0. The van der Waals surface area contributed by atoms with Crippen molar-refractivity contribution in [2.75, 3.05) is 13.2 Å². The Balaban J connectivity index is 2.45. The quantitative estimate of drug-likeness (QED) is 0.824. The Morgan fingerprint density at radius 3 is 2.44 bits per heavy atom. The lowest BCUT2D eigenvalue weighted by molar-refractivity contribution is 0.124. The number of benzene rings is 1. The molecule has 2 atom stereocenters. The van der Waals surface area contributed by atoms with Gasteiger partial charge in [0.05, 0.1) is 6.61 Å². The highest BCUT2D eigenvalue weighted by molar-refractivity contribution is 6.30. The molecule has 0 heterocycles. The van der Waals surface area contributed by atoms with Crippen LogP contribution >= 0.6 is 11.6 Å². The van der Waals surface area contributed by atoms with E-state index in [0.717, 1.165) is 18.2 Å². The molecule has 0 aliphatic heterocycles. The lowest BCUT2D eigenvalue weighted by Gasteiger charge is -2.20. The van der Waals surface area contributed by atoms with E-state index in [1.165, 1.54) is 5.56 Å². The van der Waals surface area contributed by atoms with Gasteiger partial charge in [0.2, 0.25) is 0 Å². The molecule has 0 bridgehead atoms. The van der Waals surface area contributed by atoms with Crippen LogP contribution in [0.3, 0.4) is 0 Å². The van der Waals surface area contributed by atoms with Gasteiger partial charge in [-0.1, -0.05) is 23.7 Å². The van der Waals surface area contributed by atoms with Gasteiger partial charge in [0.25, 0.3) is 0 Å². The summed E-state index contributed by atoms with van der Waals surface area (Å²) >= 11 is 5.85. The van der Waals surface area contributed by atoms with Gasteiger partial charge in [-0.25, -0.2) is 0 Å². The van der Waals surface area contributed by atoms with Crippen LogP contribution < -0.4 is 5.32 Å². The lowest BCUT2D eigenvalue weighted by atomic mass is 10.1. The number of nitrogens with one attached hydrogen (secondary N) is 1. The number of halogens is 1. The first-order chi connectivity index (χ1) is 7.63. The highest BCUT2D eigenvalue weighted by Gasteiger charge is 2.08. The van der Waals surface area contributed by atoms with Gasteiger partial charge in [0.1, 0.15) is 0 Å². The standard InChI is InChI=1S/C13H20ClNO/c1-4-16-9-10(2)15-11(3)12-5-7-13(14)8-6-12/h5-8,10-11,15H,4,9H2,1-3H3/t10?,11-/m0/s1. The molecule has 0 saturated heterocycles. The van der Waals surface area contributed by atoms with Crippen molar-refractivity contribution in [1.29, 1.82) is 0 Å². The molecule has 0 aliphatic rings. The van der Waals surface area contributed by atoms with E-state index in [0.29, 0.717) is 12.1 Å². The first-order valence-corrected chi connectivity index (χ1v) is 6.10. The monoisotopic (exact) mass is 241 g/mol. The van der Waals surface area contributed by atoms with E-state index in [-0.39, 0.29) is 0 Å². The van der Waals surface area contributed by atoms with E-state index in [4.69, 9.17) is 16.3 Å². The molecule has 0 spiro atoms. The largest absolute Gasteiger partial charge is 0.380 e. The molecule has 1 aromatic carbocycles. The average Bonchev–Trinajstić information content (AvgIpc) is 2.27. The van der Waals surface area contributed by atoms with Gasteiger partial charge in [0, 0.05) is 23.7 Å². The van der Waals surface area contributed by atoms with Crippen LogP contribution in [-0.4, -0.2) is 19.3 Å². The summed E-state index contributed by atoms with van der Waals surface area (Å²) in [7, 11) is 0. The maximum Gasteiger partial charge on any atom is 0.0616 e. The number of ether oxygens (including phenoxy) is 1. The van der Waals surface area contributed by atoms with E-state index in [1.807, 2.05) is 31.2 Å². The molecule has 0 saturated carbocycles. The van der Waals surface area contributed by atoms with Crippen molar-refractivity contribution in [1.82, 2.24) is 5.32 Å². The van der Waals surface area contributed by atoms with Crippen LogP contribution in [0.4, 0.5) is 0 Å². The molecular weight excluding hydrogens is 222 g/mol. The zero-order valence-corrected chi connectivity index (χ0v) is 10.9. The molecule has 0 fully saturated rings. The molecule has 3 heteroatoms. The molecular formula is C13H20ClNO. The Kier molecular flexibility index (Phi) is 5.81. The lowest BCUT2D eigenvalue weighted by Crippen LogP contribution is -2.32. The highest BCUT2D eigenvalue weighted by Crippen LogP contribution is 2.16. The molecule has 90 valence electrons. The van der Waals surface area contributed by atoms with E-state index < -0.39 is 0 Å². The Bertz CT molecular complexity index is 299.